The summed E-state index contributed by atoms with van der Waals surface area (Å²) < 4.78 is 10.9. The average Bonchev–Trinajstić information content (AvgIpc) is 2.55. The zero-order valence-electron chi connectivity index (χ0n) is 12.4. The Bertz CT molecular complexity index is 610. The van der Waals surface area contributed by atoms with E-state index >= 15 is 0 Å². The van der Waals surface area contributed by atoms with E-state index in [9.17, 15) is 0 Å². The van der Waals surface area contributed by atoms with Gasteiger partial charge in [-0.15, -0.1) is 0 Å². The molecule has 2 aromatic carbocycles. The molecule has 3 rings (SSSR count). The first kappa shape index (κ1) is 14.0. The van der Waals surface area contributed by atoms with E-state index in [1.807, 2.05) is 12.1 Å². The van der Waals surface area contributed by atoms with Crippen LogP contribution in [0.4, 0.5) is 5.69 Å². The Kier molecular flexibility index (Phi) is 4.41. The van der Waals surface area contributed by atoms with Crippen molar-refractivity contribution >= 4 is 5.69 Å². The minimum absolute atomic E-state index is 0.570. The molecule has 1 aliphatic heterocycles. The van der Waals surface area contributed by atoms with E-state index in [0.717, 1.165) is 24.3 Å². The Labute approximate surface area is 125 Å². The van der Waals surface area contributed by atoms with E-state index in [-0.39, 0.29) is 0 Å². The van der Waals surface area contributed by atoms with Gasteiger partial charge in [-0.3, -0.25) is 0 Å². The van der Waals surface area contributed by atoms with Gasteiger partial charge in [-0.2, -0.15) is 0 Å². The van der Waals surface area contributed by atoms with Crippen molar-refractivity contribution in [2.45, 2.75) is 12.8 Å². The summed E-state index contributed by atoms with van der Waals surface area (Å²) in [6, 6.07) is 14.7. The van der Waals surface area contributed by atoms with Crippen LogP contribution in [0.5, 0.6) is 5.75 Å². The molecule has 21 heavy (non-hydrogen) atoms. The zero-order valence-corrected chi connectivity index (χ0v) is 12.4. The van der Waals surface area contributed by atoms with Crippen molar-refractivity contribution in [3.8, 4) is 16.9 Å². The molecule has 0 unspecified atom stereocenters. The Hall–Kier alpha value is -2.00. The van der Waals surface area contributed by atoms with Gasteiger partial charge in [-0.05, 0) is 36.1 Å². The van der Waals surface area contributed by atoms with Gasteiger partial charge in [0.2, 0.25) is 0 Å². The lowest BCUT2D eigenvalue weighted by Gasteiger charge is -2.22. The Balaban J connectivity index is 1.97. The molecule has 0 aliphatic carbocycles. The summed E-state index contributed by atoms with van der Waals surface area (Å²) in [7, 11) is 1.69. The molecule has 0 radical (unpaired) electrons. The van der Waals surface area contributed by atoms with Crippen LogP contribution in [0.2, 0.25) is 0 Å². The van der Waals surface area contributed by atoms with Crippen molar-refractivity contribution in [3.05, 3.63) is 48.0 Å². The van der Waals surface area contributed by atoms with Gasteiger partial charge in [0.15, 0.2) is 0 Å². The second kappa shape index (κ2) is 6.64. The summed E-state index contributed by atoms with van der Waals surface area (Å²) in [5, 5.41) is 3.48. The van der Waals surface area contributed by atoms with Crippen molar-refractivity contribution in [1.29, 1.82) is 0 Å². The van der Waals surface area contributed by atoms with E-state index in [2.05, 4.69) is 35.6 Å². The molecule has 0 saturated carbocycles. The quantitative estimate of drug-likeness (QED) is 0.848. The van der Waals surface area contributed by atoms with E-state index in [1.165, 1.54) is 23.2 Å². The van der Waals surface area contributed by atoms with Crippen LogP contribution in [-0.4, -0.2) is 26.9 Å². The molecule has 2 aromatic rings. The number of hydrogen-bond donors (Lipinski definition) is 1. The molecular weight excluding hydrogens is 262 g/mol. The van der Waals surface area contributed by atoms with Gasteiger partial charge < -0.3 is 14.8 Å². The summed E-state index contributed by atoms with van der Waals surface area (Å²) in [5.74, 6) is 0.925. The Morgan fingerprint density at radius 3 is 2.76 bits per heavy atom. The second-order valence-electron chi connectivity index (χ2n) is 5.20. The highest BCUT2D eigenvalue weighted by molar-refractivity contribution is 5.78. The standard InChI is InChI=1S/C18H21NO2/c1-20-12-13-21-18-10-3-2-6-16(18)14-7-4-9-17-15(14)8-5-11-19-17/h2-4,6-7,9-10,19H,5,8,11-13H2,1H3. The van der Waals surface area contributed by atoms with Crippen molar-refractivity contribution in [2.24, 2.45) is 0 Å². The molecule has 1 aliphatic rings. The fraction of sp³-hybridized carbons (Fsp3) is 0.333. The van der Waals surface area contributed by atoms with Gasteiger partial charge in [-0.1, -0.05) is 30.3 Å². The van der Waals surface area contributed by atoms with Crippen molar-refractivity contribution in [3.63, 3.8) is 0 Å². The number of anilines is 1. The maximum atomic E-state index is 5.88. The summed E-state index contributed by atoms with van der Waals surface area (Å²) in [6.45, 7) is 2.23. The SMILES string of the molecule is COCCOc1ccccc1-c1cccc2c1CCCN2. The predicted molar refractivity (Wildman–Crippen MR) is 86.1 cm³/mol. The highest BCUT2D eigenvalue weighted by Crippen LogP contribution is 2.37. The smallest absolute Gasteiger partial charge is 0.127 e. The minimum Gasteiger partial charge on any atom is -0.491 e. The van der Waals surface area contributed by atoms with Crippen molar-refractivity contribution in [2.75, 3.05) is 32.2 Å². The average molecular weight is 283 g/mol. The molecule has 3 nitrogen and oxygen atoms in total. The Morgan fingerprint density at radius 1 is 1.00 bits per heavy atom. The molecule has 0 spiro atoms. The number of rotatable bonds is 5. The first-order valence-electron chi connectivity index (χ1n) is 7.47. The second-order valence-corrected chi connectivity index (χ2v) is 5.20. The fourth-order valence-corrected chi connectivity index (χ4v) is 2.81. The molecule has 0 saturated heterocycles. The zero-order chi connectivity index (χ0) is 14.5. The number of nitrogens with one attached hydrogen (secondary N) is 1. The number of hydrogen-bond acceptors (Lipinski definition) is 3. The van der Waals surface area contributed by atoms with Crippen LogP contribution in [-0.2, 0) is 11.2 Å². The first-order valence-corrected chi connectivity index (χ1v) is 7.47. The largest absolute Gasteiger partial charge is 0.491 e. The van der Waals surface area contributed by atoms with Crippen LogP contribution in [0.25, 0.3) is 11.1 Å². The third kappa shape index (κ3) is 3.03. The van der Waals surface area contributed by atoms with E-state index < -0.39 is 0 Å². The molecule has 0 amide bonds. The maximum Gasteiger partial charge on any atom is 0.127 e. The van der Waals surface area contributed by atoms with E-state index in [4.69, 9.17) is 9.47 Å². The predicted octanol–water partition coefficient (Wildman–Crippen LogP) is 3.74. The van der Waals surface area contributed by atoms with Crippen molar-refractivity contribution < 1.29 is 9.47 Å². The van der Waals surface area contributed by atoms with E-state index in [0.29, 0.717) is 13.2 Å². The molecule has 3 heteroatoms. The molecule has 0 aromatic heterocycles. The summed E-state index contributed by atoms with van der Waals surface area (Å²) >= 11 is 0. The summed E-state index contributed by atoms with van der Waals surface area (Å²) in [5.41, 5.74) is 5.08. The lowest BCUT2D eigenvalue weighted by Crippen LogP contribution is -2.12. The van der Waals surface area contributed by atoms with Crippen LogP contribution in [0, 0.1) is 0 Å². The lowest BCUT2D eigenvalue weighted by molar-refractivity contribution is 0.146. The first-order chi connectivity index (χ1) is 10.4. The molecular formula is C18H21NO2. The van der Waals surface area contributed by atoms with Gasteiger partial charge in [-0.25, -0.2) is 0 Å². The normalized spacial score (nSPS) is 13.4. The van der Waals surface area contributed by atoms with Crippen LogP contribution in [0.1, 0.15) is 12.0 Å². The summed E-state index contributed by atoms with van der Waals surface area (Å²) in [6.07, 6.45) is 2.29. The highest BCUT2D eigenvalue weighted by atomic mass is 16.5. The number of benzene rings is 2. The highest BCUT2D eigenvalue weighted by Gasteiger charge is 2.15. The molecule has 0 fully saturated rings. The molecule has 1 heterocycles. The Morgan fingerprint density at radius 2 is 1.86 bits per heavy atom. The van der Waals surface area contributed by atoms with Crippen LogP contribution >= 0.6 is 0 Å². The van der Waals surface area contributed by atoms with Gasteiger partial charge in [0.05, 0.1) is 6.61 Å². The maximum absolute atomic E-state index is 5.88. The van der Waals surface area contributed by atoms with E-state index in [1.54, 1.807) is 7.11 Å². The van der Waals surface area contributed by atoms with Crippen molar-refractivity contribution in [1.82, 2.24) is 0 Å². The summed E-state index contributed by atoms with van der Waals surface area (Å²) in [4.78, 5) is 0. The molecule has 1 N–H and O–H groups in total. The number of methoxy groups -OCH3 is 1. The van der Waals surface area contributed by atoms with Crippen LogP contribution in [0.15, 0.2) is 42.5 Å². The lowest BCUT2D eigenvalue weighted by atomic mass is 9.92. The molecule has 110 valence electrons. The number of fused-ring (bicyclic) bond motifs is 1. The van der Waals surface area contributed by atoms with Crippen LogP contribution < -0.4 is 10.1 Å². The van der Waals surface area contributed by atoms with Gasteiger partial charge in [0.1, 0.15) is 12.4 Å². The molecule has 0 atom stereocenters. The van der Waals surface area contributed by atoms with Gasteiger partial charge in [0, 0.05) is 24.9 Å². The van der Waals surface area contributed by atoms with Gasteiger partial charge in [0.25, 0.3) is 0 Å². The fourth-order valence-electron chi connectivity index (χ4n) is 2.81. The third-order valence-electron chi connectivity index (χ3n) is 3.82. The minimum atomic E-state index is 0.570. The van der Waals surface area contributed by atoms with Crippen LogP contribution in [0.3, 0.4) is 0 Å². The number of para-hydroxylation sites is 1. The van der Waals surface area contributed by atoms with Gasteiger partial charge >= 0.3 is 0 Å². The molecule has 0 bridgehead atoms. The monoisotopic (exact) mass is 283 g/mol. The number of ether oxygens (including phenoxy) is 2. The topological polar surface area (TPSA) is 30.5 Å². The third-order valence-corrected chi connectivity index (χ3v) is 3.82.